The van der Waals surface area contributed by atoms with E-state index < -0.39 is 0 Å². The second kappa shape index (κ2) is 7.38. The Morgan fingerprint density at radius 2 is 1.83 bits per heavy atom. The van der Waals surface area contributed by atoms with Gasteiger partial charge >= 0.3 is 0 Å². The first kappa shape index (κ1) is 17.0. The molecule has 0 aliphatic heterocycles. The molecule has 2 heteroatoms. The minimum absolute atomic E-state index is 0.174. The number of benzene rings is 1. The van der Waals surface area contributed by atoms with E-state index in [-0.39, 0.29) is 5.41 Å². The zero-order chi connectivity index (χ0) is 17.0. The molecule has 0 aromatic heterocycles. The summed E-state index contributed by atoms with van der Waals surface area (Å²) in [5.74, 6) is 0. The minimum atomic E-state index is 0.174. The molecule has 0 atom stereocenters. The van der Waals surface area contributed by atoms with Crippen molar-refractivity contribution in [1.29, 1.82) is 0 Å². The van der Waals surface area contributed by atoms with Crippen LogP contribution in [0.15, 0.2) is 47.1 Å². The smallest absolute Gasteiger partial charge is 0.0546 e. The average Bonchev–Trinajstić information content (AvgIpc) is 3.06. The number of hydrazone groups is 1. The summed E-state index contributed by atoms with van der Waals surface area (Å²) in [6.07, 6.45) is 14.1. The molecule has 3 rings (SSSR count). The van der Waals surface area contributed by atoms with Gasteiger partial charge in [-0.2, -0.15) is 5.10 Å². The molecular weight excluding hydrogens is 292 g/mol. The zero-order valence-electron chi connectivity index (χ0n) is 15.3. The van der Waals surface area contributed by atoms with Crippen molar-refractivity contribution in [2.24, 2.45) is 10.5 Å². The molecule has 0 saturated heterocycles. The number of allylic oxidation sites excluding steroid dienone is 4. The Labute approximate surface area is 146 Å². The van der Waals surface area contributed by atoms with Crippen molar-refractivity contribution in [3.63, 3.8) is 0 Å². The Morgan fingerprint density at radius 1 is 1.08 bits per heavy atom. The van der Waals surface area contributed by atoms with E-state index in [9.17, 15) is 0 Å². The molecule has 2 aliphatic rings. The van der Waals surface area contributed by atoms with Gasteiger partial charge in [0.05, 0.1) is 6.21 Å². The van der Waals surface area contributed by atoms with E-state index in [2.05, 4.69) is 67.7 Å². The molecule has 0 spiro atoms. The van der Waals surface area contributed by atoms with Crippen LogP contribution in [0, 0.1) is 5.41 Å². The van der Waals surface area contributed by atoms with Crippen LogP contribution in [0.3, 0.4) is 0 Å². The molecule has 0 unspecified atom stereocenters. The van der Waals surface area contributed by atoms with E-state index in [0.29, 0.717) is 6.04 Å². The van der Waals surface area contributed by atoms with Crippen LogP contribution in [0.1, 0.15) is 70.4 Å². The summed E-state index contributed by atoms with van der Waals surface area (Å²) >= 11 is 0. The molecular formula is C22H30N2. The fourth-order valence-electron chi connectivity index (χ4n) is 3.79. The maximum Gasteiger partial charge on any atom is 0.0546 e. The van der Waals surface area contributed by atoms with Gasteiger partial charge in [0.2, 0.25) is 0 Å². The molecule has 2 nitrogen and oxygen atoms in total. The lowest BCUT2D eigenvalue weighted by molar-refractivity contribution is 0.381. The van der Waals surface area contributed by atoms with Gasteiger partial charge in [-0.15, -0.1) is 0 Å². The van der Waals surface area contributed by atoms with E-state index in [4.69, 9.17) is 0 Å². The predicted octanol–water partition coefficient (Wildman–Crippen LogP) is 5.70. The molecule has 1 fully saturated rings. The molecule has 128 valence electrons. The lowest BCUT2D eigenvalue weighted by Crippen LogP contribution is -2.26. The normalized spacial score (nSPS) is 19.5. The van der Waals surface area contributed by atoms with Crippen molar-refractivity contribution in [3.05, 3.63) is 53.1 Å². The summed E-state index contributed by atoms with van der Waals surface area (Å²) in [6.45, 7) is 6.87. The molecule has 0 amide bonds. The van der Waals surface area contributed by atoms with Crippen molar-refractivity contribution in [2.75, 3.05) is 0 Å². The number of nitrogens with one attached hydrogen (secondary N) is 1. The highest BCUT2D eigenvalue weighted by molar-refractivity contribution is 5.90. The van der Waals surface area contributed by atoms with Crippen LogP contribution in [0.5, 0.6) is 0 Å². The van der Waals surface area contributed by atoms with Crippen molar-refractivity contribution in [1.82, 2.24) is 5.43 Å². The number of nitrogens with zero attached hydrogens (tertiary/aromatic N) is 1. The van der Waals surface area contributed by atoms with Crippen LogP contribution in [0.25, 0.3) is 5.57 Å². The summed E-state index contributed by atoms with van der Waals surface area (Å²) in [6, 6.07) is 9.20. The minimum Gasteiger partial charge on any atom is -0.307 e. The Balaban J connectivity index is 1.81. The molecule has 1 aromatic rings. The van der Waals surface area contributed by atoms with Crippen LogP contribution in [0.2, 0.25) is 0 Å². The summed E-state index contributed by atoms with van der Waals surface area (Å²) in [5, 5.41) is 4.57. The second-order valence-electron chi connectivity index (χ2n) is 8.06. The number of hydrogen-bond donors (Lipinski definition) is 1. The van der Waals surface area contributed by atoms with Gasteiger partial charge < -0.3 is 5.43 Å². The van der Waals surface area contributed by atoms with Gasteiger partial charge in [0.1, 0.15) is 0 Å². The third kappa shape index (κ3) is 3.98. The Bertz CT molecular complexity index is 653. The average molecular weight is 322 g/mol. The maximum absolute atomic E-state index is 4.57. The third-order valence-electron chi connectivity index (χ3n) is 5.09. The van der Waals surface area contributed by atoms with Gasteiger partial charge in [-0.1, -0.05) is 76.5 Å². The number of hydrogen-bond acceptors (Lipinski definition) is 2. The fourth-order valence-corrected chi connectivity index (χ4v) is 3.79. The highest BCUT2D eigenvalue weighted by Crippen LogP contribution is 2.39. The van der Waals surface area contributed by atoms with E-state index in [1.54, 1.807) is 0 Å². The topological polar surface area (TPSA) is 24.4 Å². The highest BCUT2D eigenvalue weighted by Gasteiger charge is 2.23. The number of rotatable bonds is 4. The summed E-state index contributed by atoms with van der Waals surface area (Å²) in [7, 11) is 0. The van der Waals surface area contributed by atoms with Gasteiger partial charge in [0, 0.05) is 11.6 Å². The lowest BCUT2D eigenvalue weighted by atomic mass is 9.82. The first-order valence-electron chi connectivity index (χ1n) is 9.34. The van der Waals surface area contributed by atoms with Crippen LogP contribution in [-0.2, 0) is 0 Å². The van der Waals surface area contributed by atoms with Crippen molar-refractivity contribution in [2.45, 2.75) is 65.3 Å². The first-order valence-corrected chi connectivity index (χ1v) is 9.34. The summed E-state index contributed by atoms with van der Waals surface area (Å²) in [4.78, 5) is 0. The quantitative estimate of drug-likeness (QED) is 0.558. The molecule has 2 aliphatic carbocycles. The second-order valence-corrected chi connectivity index (χ2v) is 8.06. The predicted molar refractivity (Wildman–Crippen MR) is 104 cm³/mol. The van der Waals surface area contributed by atoms with Crippen LogP contribution >= 0.6 is 0 Å². The highest BCUT2D eigenvalue weighted by atomic mass is 15.3. The molecule has 0 heterocycles. The van der Waals surface area contributed by atoms with Gasteiger partial charge in [-0.05, 0) is 41.4 Å². The molecule has 1 N–H and O–H groups in total. The molecule has 24 heavy (non-hydrogen) atoms. The SMILES string of the molecule is CC(C)(C)C1=C(c2ccccc2C=NNC2CCCCC2)CC=C1. The van der Waals surface area contributed by atoms with Crippen molar-refractivity contribution >= 4 is 11.8 Å². The Hall–Kier alpha value is -1.83. The van der Waals surface area contributed by atoms with Gasteiger partial charge in [0.15, 0.2) is 0 Å². The third-order valence-corrected chi connectivity index (χ3v) is 5.09. The monoisotopic (exact) mass is 322 g/mol. The standard InChI is InChI=1S/C22H30N2/c1-22(2,3)21-15-9-14-20(21)19-13-8-7-10-17(19)16-23-24-18-11-5-4-6-12-18/h7-10,13,15-16,18,24H,4-6,11-12,14H2,1-3H3. The fraction of sp³-hybridized carbons (Fsp3) is 0.500. The largest absolute Gasteiger partial charge is 0.307 e. The van der Waals surface area contributed by atoms with Gasteiger partial charge in [0.25, 0.3) is 0 Å². The molecule has 1 aromatic carbocycles. The molecule has 0 bridgehead atoms. The van der Waals surface area contributed by atoms with E-state index in [1.807, 2.05) is 6.21 Å². The van der Waals surface area contributed by atoms with Crippen molar-refractivity contribution < 1.29 is 0 Å². The van der Waals surface area contributed by atoms with Crippen molar-refractivity contribution in [3.8, 4) is 0 Å². The van der Waals surface area contributed by atoms with E-state index in [1.165, 1.54) is 54.4 Å². The zero-order valence-corrected chi connectivity index (χ0v) is 15.3. The Kier molecular flexibility index (Phi) is 5.23. The van der Waals surface area contributed by atoms with Gasteiger partial charge in [-0.25, -0.2) is 0 Å². The Morgan fingerprint density at radius 3 is 2.58 bits per heavy atom. The first-order chi connectivity index (χ1) is 11.6. The lowest BCUT2D eigenvalue weighted by Gasteiger charge is -2.23. The van der Waals surface area contributed by atoms with Crippen LogP contribution in [-0.4, -0.2) is 12.3 Å². The van der Waals surface area contributed by atoms with E-state index >= 15 is 0 Å². The van der Waals surface area contributed by atoms with Crippen LogP contribution in [0.4, 0.5) is 0 Å². The van der Waals surface area contributed by atoms with E-state index in [0.717, 1.165) is 6.42 Å². The molecule has 1 saturated carbocycles. The maximum atomic E-state index is 4.57. The summed E-state index contributed by atoms with van der Waals surface area (Å²) < 4.78 is 0. The summed E-state index contributed by atoms with van der Waals surface area (Å²) in [5.41, 5.74) is 8.97. The van der Waals surface area contributed by atoms with Crippen LogP contribution < -0.4 is 5.43 Å². The van der Waals surface area contributed by atoms with Gasteiger partial charge in [-0.3, -0.25) is 0 Å². The molecule has 0 radical (unpaired) electrons.